The van der Waals surface area contributed by atoms with E-state index >= 15 is 0 Å². The summed E-state index contributed by atoms with van der Waals surface area (Å²) in [4.78, 5) is 10.4. The molecule has 0 aromatic heterocycles. The molecule has 0 radical (unpaired) electrons. The Morgan fingerprint density at radius 2 is 2.14 bits per heavy atom. The molecule has 1 N–H and O–H groups in total. The molecular weight excluding hydrogens is 187 g/mol. The summed E-state index contributed by atoms with van der Waals surface area (Å²) in [6.45, 7) is 3.13. The third kappa shape index (κ3) is 2.45. The highest BCUT2D eigenvalue weighted by atomic mass is 19.1. The third-order valence-electron chi connectivity index (χ3n) is 1.86. The van der Waals surface area contributed by atoms with Crippen LogP contribution in [0.15, 0.2) is 24.3 Å². The van der Waals surface area contributed by atoms with Crippen LogP contribution in [-0.4, -0.2) is 11.3 Å². The van der Waals surface area contributed by atoms with Crippen LogP contribution in [0.5, 0.6) is 0 Å². The van der Waals surface area contributed by atoms with Crippen molar-refractivity contribution in [3.05, 3.63) is 35.6 Å². The molecule has 14 heavy (non-hydrogen) atoms. The van der Waals surface area contributed by atoms with E-state index in [0.29, 0.717) is 5.56 Å². The first-order chi connectivity index (χ1) is 6.42. The van der Waals surface area contributed by atoms with Crippen molar-refractivity contribution >= 4 is 6.16 Å². The van der Waals surface area contributed by atoms with Gasteiger partial charge in [0.2, 0.25) is 0 Å². The van der Waals surface area contributed by atoms with Gasteiger partial charge < -0.3 is 9.84 Å². The first-order valence-electron chi connectivity index (χ1n) is 4.10. The van der Waals surface area contributed by atoms with E-state index in [1.165, 1.54) is 18.2 Å². The van der Waals surface area contributed by atoms with Crippen molar-refractivity contribution in [3.63, 3.8) is 0 Å². The van der Waals surface area contributed by atoms with Gasteiger partial charge in [-0.25, -0.2) is 9.18 Å². The van der Waals surface area contributed by atoms with Crippen LogP contribution in [0.4, 0.5) is 9.18 Å². The minimum atomic E-state index is -1.38. The van der Waals surface area contributed by atoms with Crippen LogP contribution in [0, 0.1) is 5.82 Å². The van der Waals surface area contributed by atoms with Crippen LogP contribution >= 0.6 is 0 Å². The van der Waals surface area contributed by atoms with E-state index in [1.807, 2.05) is 0 Å². The molecule has 0 spiro atoms. The molecular formula is C10H11FO3. The monoisotopic (exact) mass is 198 g/mol. The highest BCUT2D eigenvalue weighted by Gasteiger charge is 2.25. The summed E-state index contributed by atoms with van der Waals surface area (Å²) in [5, 5.41) is 8.46. The molecule has 0 saturated carbocycles. The lowest BCUT2D eigenvalue weighted by Gasteiger charge is -2.23. The summed E-state index contributed by atoms with van der Waals surface area (Å²) in [6.07, 6.45) is -1.38. The van der Waals surface area contributed by atoms with Crippen molar-refractivity contribution in [1.29, 1.82) is 0 Å². The van der Waals surface area contributed by atoms with Crippen molar-refractivity contribution in [3.8, 4) is 0 Å². The molecule has 3 nitrogen and oxygen atoms in total. The average Bonchev–Trinajstić information content (AvgIpc) is 2.01. The van der Waals surface area contributed by atoms with E-state index in [4.69, 9.17) is 5.11 Å². The number of benzene rings is 1. The summed E-state index contributed by atoms with van der Waals surface area (Å²) >= 11 is 0. The fourth-order valence-corrected chi connectivity index (χ4v) is 1.14. The molecule has 0 aliphatic rings. The molecule has 0 amide bonds. The Kier molecular flexibility index (Phi) is 2.74. The Hall–Kier alpha value is -1.58. The van der Waals surface area contributed by atoms with Gasteiger partial charge in [0, 0.05) is 0 Å². The van der Waals surface area contributed by atoms with E-state index in [2.05, 4.69) is 4.74 Å². The number of carboxylic acid groups (broad SMARTS) is 1. The first kappa shape index (κ1) is 10.5. The second kappa shape index (κ2) is 3.65. The second-order valence-corrected chi connectivity index (χ2v) is 3.39. The van der Waals surface area contributed by atoms with Gasteiger partial charge in [-0.3, -0.25) is 0 Å². The van der Waals surface area contributed by atoms with Gasteiger partial charge in [-0.15, -0.1) is 0 Å². The van der Waals surface area contributed by atoms with E-state index in [0.717, 1.165) is 0 Å². The van der Waals surface area contributed by atoms with Crippen LogP contribution in [0.25, 0.3) is 0 Å². The second-order valence-electron chi connectivity index (χ2n) is 3.39. The number of hydrogen-bond donors (Lipinski definition) is 1. The van der Waals surface area contributed by atoms with Crippen LogP contribution in [0.3, 0.4) is 0 Å². The van der Waals surface area contributed by atoms with Crippen molar-refractivity contribution in [2.75, 3.05) is 0 Å². The molecule has 0 aliphatic heterocycles. The van der Waals surface area contributed by atoms with Gasteiger partial charge in [0.25, 0.3) is 0 Å². The smallest absolute Gasteiger partial charge is 0.450 e. The van der Waals surface area contributed by atoms with Crippen molar-refractivity contribution in [2.45, 2.75) is 19.4 Å². The fourth-order valence-electron chi connectivity index (χ4n) is 1.14. The largest absolute Gasteiger partial charge is 0.506 e. The lowest BCUT2D eigenvalue weighted by Crippen LogP contribution is -2.24. The molecule has 0 saturated heterocycles. The average molecular weight is 198 g/mol. The van der Waals surface area contributed by atoms with Crippen molar-refractivity contribution in [1.82, 2.24) is 0 Å². The molecule has 0 unspecified atom stereocenters. The quantitative estimate of drug-likeness (QED) is 0.743. The number of halogens is 1. The SMILES string of the molecule is CC(C)(OC(=O)O)c1cccc(F)c1. The van der Waals surface area contributed by atoms with Crippen molar-refractivity contribution < 1.29 is 19.0 Å². The van der Waals surface area contributed by atoms with Gasteiger partial charge in [0.05, 0.1) is 0 Å². The summed E-state index contributed by atoms with van der Waals surface area (Å²) in [5.74, 6) is -0.412. The zero-order valence-electron chi connectivity index (χ0n) is 7.95. The molecule has 0 atom stereocenters. The predicted molar refractivity (Wildman–Crippen MR) is 48.5 cm³/mol. The molecule has 76 valence electrons. The summed E-state index contributed by atoms with van der Waals surface area (Å²) in [5.41, 5.74) is -0.548. The minimum Gasteiger partial charge on any atom is -0.450 e. The van der Waals surface area contributed by atoms with E-state index < -0.39 is 17.6 Å². The van der Waals surface area contributed by atoms with E-state index in [-0.39, 0.29) is 0 Å². The molecule has 1 rings (SSSR count). The lowest BCUT2D eigenvalue weighted by molar-refractivity contribution is 0.000853. The maximum atomic E-state index is 12.8. The van der Waals surface area contributed by atoms with Crippen LogP contribution < -0.4 is 0 Å². The predicted octanol–water partition coefficient (Wildman–Crippen LogP) is 2.76. The maximum Gasteiger partial charge on any atom is 0.506 e. The van der Waals surface area contributed by atoms with Crippen LogP contribution in [-0.2, 0) is 10.3 Å². The molecule has 0 fully saturated rings. The zero-order chi connectivity index (χ0) is 10.8. The Labute approximate surface area is 81.1 Å². The van der Waals surface area contributed by atoms with Crippen LogP contribution in [0.2, 0.25) is 0 Å². The van der Waals surface area contributed by atoms with E-state index in [1.54, 1.807) is 19.9 Å². The van der Waals surface area contributed by atoms with Gasteiger partial charge in [-0.1, -0.05) is 12.1 Å². The van der Waals surface area contributed by atoms with Gasteiger partial charge in [0.1, 0.15) is 11.4 Å². The Morgan fingerprint density at radius 1 is 1.50 bits per heavy atom. The topological polar surface area (TPSA) is 46.5 Å². The Bertz CT molecular complexity index is 347. The summed E-state index contributed by atoms with van der Waals surface area (Å²) in [6, 6.07) is 5.67. The molecule has 0 bridgehead atoms. The highest BCUT2D eigenvalue weighted by Crippen LogP contribution is 2.24. The standard InChI is InChI=1S/C10H11FO3/c1-10(2,14-9(12)13)7-4-3-5-8(11)6-7/h3-6H,1-2H3,(H,12,13). The van der Waals surface area contributed by atoms with Crippen molar-refractivity contribution in [2.24, 2.45) is 0 Å². The molecule has 1 aromatic rings. The van der Waals surface area contributed by atoms with Gasteiger partial charge in [-0.05, 0) is 31.5 Å². The molecule has 1 aromatic carbocycles. The molecule has 4 heteroatoms. The van der Waals surface area contributed by atoms with Gasteiger partial charge >= 0.3 is 6.16 Å². The minimum absolute atomic E-state index is 0.412. The number of ether oxygens (including phenoxy) is 1. The van der Waals surface area contributed by atoms with Crippen LogP contribution in [0.1, 0.15) is 19.4 Å². The highest BCUT2D eigenvalue weighted by molar-refractivity contribution is 5.58. The van der Waals surface area contributed by atoms with Gasteiger partial charge in [0.15, 0.2) is 0 Å². The normalized spacial score (nSPS) is 11.1. The number of rotatable bonds is 2. The number of carbonyl (C=O) groups is 1. The third-order valence-corrected chi connectivity index (χ3v) is 1.86. The Balaban J connectivity index is 2.97. The maximum absolute atomic E-state index is 12.8. The zero-order valence-corrected chi connectivity index (χ0v) is 7.95. The Morgan fingerprint density at radius 3 is 2.64 bits per heavy atom. The fraction of sp³-hybridized carbons (Fsp3) is 0.300. The lowest BCUT2D eigenvalue weighted by atomic mass is 9.98. The molecule has 0 heterocycles. The number of hydrogen-bond acceptors (Lipinski definition) is 2. The first-order valence-corrected chi connectivity index (χ1v) is 4.10. The summed E-state index contributed by atoms with van der Waals surface area (Å²) < 4.78 is 17.5. The van der Waals surface area contributed by atoms with E-state index in [9.17, 15) is 9.18 Å². The summed E-state index contributed by atoms with van der Waals surface area (Å²) in [7, 11) is 0. The van der Waals surface area contributed by atoms with Gasteiger partial charge in [-0.2, -0.15) is 0 Å². The molecule has 0 aliphatic carbocycles.